The molecule has 4 rings (SSSR count). The van der Waals surface area contributed by atoms with Gasteiger partial charge in [-0.15, -0.1) is 12.4 Å². The van der Waals surface area contributed by atoms with Crippen LogP contribution in [-0.2, 0) is 13.0 Å². The van der Waals surface area contributed by atoms with Crippen molar-refractivity contribution >= 4 is 34.9 Å². The lowest BCUT2D eigenvalue weighted by molar-refractivity contribution is 0.511. The first-order valence-corrected chi connectivity index (χ1v) is 7.72. The van der Waals surface area contributed by atoms with Crippen LogP contribution in [0.25, 0.3) is 22.0 Å². The van der Waals surface area contributed by atoms with Gasteiger partial charge in [0, 0.05) is 30.1 Å². The molecule has 2 nitrogen and oxygen atoms in total. The predicted molar refractivity (Wildman–Crippen MR) is 96.0 cm³/mol. The maximum absolute atomic E-state index is 6.42. The van der Waals surface area contributed by atoms with Crippen molar-refractivity contribution in [3.63, 3.8) is 0 Å². The third-order valence-corrected chi connectivity index (χ3v) is 4.63. The van der Waals surface area contributed by atoms with Crippen LogP contribution in [-0.4, -0.2) is 11.0 Å². The van der Waals surface area contributed by atoms with Gasteiger partial charge in [-0.3, -0.25) is 0 Å². The number of aromatic nitrogens is 1. The predicted octanol–water partition coefficient (Wildman–Crippen LogP) is 4.94. The lowest BCUT2D eigenvalue weighted by Crippen LogP contribution is -2.32. The quantitative estimate of drug-likeness (QED) is 0.648. The molecule has 0 spiro atoms. The van der Waals surface area contributed by atoms with Crippen LogP contribution in [0.5, 0.6) is 0 Å². The second-order valence-corrected chi connectivity index (χ2v) is 6.19. The number of rotatable bonds is 1. The van der Waals surface area contributed by atoms with E-state index < -0.39 is 0 Å². The molecule has 3 aromatic rings. The van der Waals surface area contributed by atoms with Crippen LogP contribution in [0, 0.1) is 0 Å². The molecule has 1 aromatic heterocycles. The lowest BCUT2D eigenvalue weighted by atomic mass is 9.95. The summed E-state index contributed by atoms with van der Waals surface area (Å²) in [5.74, 6) is 0. The zero-order valence-electron chi connectivity index (χ0n) is 12.3. The van der Waals surface area contributed by atoms with Gasteiger partial charge in [-0.05, 0) is 29.7 Å². The summed E-state index contributed by atoms with van der Waals surface area (Å²) in [6, 6.07) is 15.1. The van der Waals surface area contributed by atoms with E-state index in [-0.39, 0.29) is 12.4 Å². The van der Waals surface area contributed by atoms with E-state index in [9.17, 15) is 0 Å². The van der Waals surface area contributed by atoms with Crippen molar-refractivity contribution in [3.8, 4) is 11.1 Å². The first-order chi connectivity index (χ1) is 10.2. The topological polar surface area (TPSA) is 27.8 Å². The van der Waals surface area contributed by atoms with Gasteiger partial charge in [-0.2, -0.15) is 0 Å². The van der Waals surface area contributed by atoms with Crippen LogP contribution < -0.4 is 5.32 Å². The van der Waals surface area contributed by atoms with E-state index in [1.165, 1.54) is 27.8 Å². The molecule has 0 amide bonds. The Bertz CT molecular complexity index is 809. The van der Waals surface area contributed by atoms with Crippen LogP contribution in [0.4, 0.5) is 0 Å². The van der Waals surface area contributed by atoms with E-state index in [0.29, 0.717) is 6.04 Å². The molecule has 0 fully saturated rings. The largest absolute Gasteiger partial charge is 0.357 e. The Kier molecular flexibility index (Phi) is 4.18. The number of halogens is 2. The summed E-state index contributed by atoms with van der Waals surface area (Å²) in [5.41, 5.74) is 6.24. The molecule has 1 unspecified atom stereocenters. The fourth-order valence-corrected chi connectivity index (χ4v) is 3.48. The monoisotopic (exact) mass is 332 g/mol. The molecular weight excluding hydrogens is 315 g/mol. The molecule has 2 aromatic carbocycles. The highest BCUT2D eigenvalue weighted by molar-refractivity contribution is 6.35. The summed E-state index contributed by atoms with van der Waals surface area (Å²) in [7, 11) is 0. The Morgan fingerprint density at radius 1 is 1.09 bits per heavy atom. The highest BCUT2D eigenvalue weighted by Crippen LogP contribution is 2.38. The second kappa shape index (κ2) is 5.96. The van der Waals surface area contributed by atoms with Gasteiger partial charge in [0.25, 0.3) is 0 Å². The van der Waals surface area contributed by atoms with Crippen LogP contribution in [0.15, 0.2) is 42.5 Å². The van der Waals surface area contributed by atoms with Gasteiger partial charge in [0.2, 0.25) is 0 Å². The van der Waals surface area contributed by atoms with Gasteiger partial charge in [0.15, 0.2) is 0 Å². The summed E-state index contributed by atoms with van der Waals surface area (Å²) >= 11 is 6.42. The van der Waals surface area contributed by atoms with Gasteiger partial charge in [-0.1, -0.05) is 48.0 Å². The molecule has 1 aliphatic heterocycles. The Morgan fingerprint density at radius 2 is 1.86 bits per heavy atom. The van der Waals surface area contributed by atoms with Crippen molar-refractivity contribution in [3.05, 3.63) is 58.7 Å². The van der Waals surface area contributed by atoms with E-state index in [1.54, 1.807) is 0 Å². The summed E-state index contributed by atoms with van der Waals surface area (Å²) in [6.07, 6.45) is 1.02. The van der Waals surface area contributed by atoms with Crippen molar-refractivity contribution in [1.82, 2.24) is 10.3 Å². The molecule has 22 heavy (non-hydrogen) atoms. The first kappa shape index (κ1) is 15.4. The van der Waals surface area contributed by atoms with E-state index >= 15 is 0 Å². The number of H-pyrrole nitrogens is 1. The summed E-state index contributed by atoms with van der Waals surface area (Å²) in [4.78, 5) is 3.55. The molecule has 0 radical (unpaired) electrons. The van der Waals surface area contributed by atoms with Gasteiger partial charge >= 0.3 is 0 Å². The minimum absolute atomic E-state index is 0. The Labute approximate surface area is 141 Å². The third-order valence-electron chi connectivity index (χ3n) is 4.32. The van der Waals surface area contributed by atoms with Crippen LogP contribution in [0.1, 0.15) is 18.2 Å². The highest BCUT2D eigenvalue weighted by Gasteiger charge is 2.22. The Morgan fingerprint density at radius 3 is 2.64 bits per heavy atom. The summed E-state index contributed by atoms with van der Waals surface area (Å²) in [6.45, 7) is 3.12. The van der Waals surface area contributed by atoms with Gasteiger partial charge in [-0.25, -0.2) is 0 Å². The highest BCUT2D eigenvalue weighted by atomic mass is 35.5. The van der Waals surface area contributed by atoms with Crippen molar-refractivity contribution < 1.29 is 0 Å². The van der Waals surface area contributed by atoms with Gasteiger partial charge in [0.1, 0.15) is 0 Å². The Balaban J connectivity index is 0.00000144. The molecule has 0 saturated carbocycles. The third kappa shape index (κ3) is 2.41. The molecule has 0 bridgehead atoms. The summed E-state index contributed by atoms with van der Waals surface area (Å²) < 4.78 is 0. The van der Waals surface area contributed by atoms with Crippen molar-refractivity contribution in [1.29, 1.82) is 0 Å². The average Bonchev–Trinajstić information content (AvgIpc) is 2.88. The molecule has 0 saturated heterocycles. The van der Waals surface area contributed by atoms with Gasteiger partial charge < -0.3 is 10.3 Å². The van der Waals surface area contributed by atoms with Crippen LogP contribution >= 0.6 is 24.0 Å². The number of aromatic amines is 1. The molecule has 2 N–H and O–H groups in total. The zero-order chi connectivity index (χ0) is 14.4. The normalized spacial score (nSPS) is 17.1. The fraction of sp³-hybridized carbons (Fsp3) is 0.222. The Hall–Kier alpha value is -1.48. The van der Waals surface area contributed by atoms with Crippen LogP contribution in [0.3, 0.4) is 0 Å². The minimum Gasteiger partial charge on any atom is -0.357 e. The molecule has 2 heterocycles. The zero-order valence-corrected chi connectivity index (χ0v) is 13.9. The molecule has 1 aliphatic rings. The first-order valence-electron chi connectivity index (χ1n) is 7.35. The SMILES string of the molecule is CC1Cc2[nH]c3c(Cl)ccc(-c4ccccc4)c3c2CN1.Cl. The van der Waals surface area contributed by atoms with E-state index in [2.05, 4.69) is 47.6 Å². The summed E-state index contributed by atoms with van der Waals surface area (Å²) in [5, 5.41) is 5.62. The lowest BCUT2D eigenvalue weighted by Gasteiger charge is -2.20. The van der Waals surface area contributed by atoms with Crippen molar-refractivity contribution in [2.24, 2.45) is 0 Å². The maximum atomic E-state index is 6.42. The van der Waals surface area contributed by atoms with E-state index in [1.807, 2.05) is 12.1 Å². The molecule has 0 aliphatic carbocycles. The standard InChI is InChI=1S/C18H17ClN2.ClH/c1-11-9-16-14(10-20-11)17-13(12-5-3-2-4-6-12)7-8-15(19)18(17)21-16;/h2-8,11,20-21H,9-10H2,1H3;1H. The number of hydrogen-bond donors (Lipinski definition) is 2. The number of fused-ring (bicyclic) bond motifs is 3. The second-order valence-electron chi connectivity index (χ2n) is 5.78. The maximum Gasteiger partial charge on any atom is 0.0655 e. The van der Waals surface area contributed by atoms with Crippen LogP contribution in [0.2, 0.25) is 5.02 Å². The molecular formula is C18H18Cl2N2. The smallest absolute Gasteiger partial charge is 0.0655 e. The molecule has 114 valence electrons. The minimum atomic E-state index is 0. The van der Waals surface area contributed by atoms with Crippen molar-refractivity contribution in [2.45, 2.75) is 25.9 Å². The fourth-order valence-electron chi connectivity index (χ4n) is 3.27. The number of hydrogen-bond acceptors (Lipinski definition) is 1. The molecule has 1 atom stereocenters. The number of nitrogens with one attached hydrogen (secondary N) is 2. The van der Waals surface area contributed by atoms with Gasteiger partial charge in [0.05, 0.1) is 10.5 Å². The van der Waals surface area contributed by atoms with E-state index in [0.717, 1.165) is 23.5 Å². The van der Waals surface area contributed by atoms with Crippen molar-refractivity contribution in [2.75, 3.05) is 0 Å². The molecule has 4 heteroatoms. The number of benzene rings is 2. The average molecular weight is 333 g/mol. The van der Waals surface area contributed by atoms with E-state index in [4.69, 9.17) is 11.6 Å².